The quantitative estimate of drug-likeness (QED) is 0.718. The van der Waals surface area contributed by atoms with Crippen molar-refractivity contribution in [2.45, 2.75) is 32.7 Å². The molecule has 0 radical (unpaired) electrons. The van der Waals surface area contributed by atoms with Crippen LogP contribution in [0.4, 0.5) is 10.5 Å². The van der Waals surface area contributed by atoms with Gasteiger partial charge in [-0.05, 0) is 37.1 Å². The Balaban J connectivity index is 2.89. The first-order chi connectivity index (χ1) is 10.0. The number of carbonyl (C=O) groups is 2. The minimum absolute atomic E-state index is 0.0805. The molecule has 1 aromatic rings. The van der Waals surface area contributed by atoms with Crippen LogP contribution in [0.2, 0.25) is 0 Å². The Morgan fingerprint density at radius 3 is 2.19 bits per heavy atom. The van der Waals surface area contributed by atoms with Gasteiger partial charge in [0.15, 0.2) is 0 Å². The number of rotatable bonds is 7. The Morgan fingerprint density at radius 1 is 1.19 bits per heavy atom. The van der Waals surface area contributed by atoms with Gasteiger partial charge in [0.05, 0.1) is 18.7 Å². The Kier molecular flexibility index (Phi) is 6.68. The maximum Gasteiger partial charge on any atom is 0.335 e. The van der Waals surface area contributed by atoms with E-state index in [2.05, 4.69) is 5.32 Å². The van der Waals surface area contributed by atoms with E-state index in [1.807, 2.05) is 13.8 Å². The fourth-order valence-electron chi connectivity index (χ4n) is 1.98. The second-order valence-electron chi connectivity index (χ2n) is 4.69. The molecule has 1 rings (SSSR count). The number of carboxylic acids is 1. The molecule has 0 aliphatic carbocycles. The molecule has 2 amide bonds. The van der Waals surface area contributed by atoms with E-state index in [-0.39, 0.29) is 30.8 Å². The molecular formula is C15H22N2O4. The molecule has 0 heterocycles. The van der Waals surface area contributed by atoms with Gasteiger partial charge in [-0.2, -0.15) is 0 Å². The lowest BCUT2D eigenvalue weighted by Gasteiger charge is -2.25. The van der Waals surface area contributed by atoms with Gasteiger partial charge in [0, 0.05) is 11.7 Å². The van der Waals surface area contributed by atoms with Crippen molar-refractivity contribution in [2.24, 2.45) is 0 Å². The Labute approximate surface area is 124 Å². The van der Waals surface area contributed by atoms with Crippen LogP contribution in [0.1, 0.15) is 37.0 Å². The number of carbonyl (C=O) groups excluding carboxylic acids is 1. The largest absolute Gasteiger partial charge is 0.478 e. The molecule has 116 valence electrons. The molecular weight excluding hydrogens is 272 g/mol. The molecule has 3 N–H and O–H groups in total. The van der Waals surface area contributed by atoms with Gasteiger partial charge < -0.3 is 15.5 Å². The Hall–Kier alpha value is -2.08. The Bertz CT molecular complexity index is 469. The molecule has 0 atom stereocenters. The summed E-state index contributed by atoms with van der Waals surface area (Å²) in [5.41, 5.74) is 0.709. The minimum Gasteiger partial charge on any atom is -0.478 e. The molecule has 0 saturated carbocycles. The lowest BCUT2D eigenvalue weighted by atomic mass is 10.1. The maximum absolute atomic E-state index is 12.3. The first kappa shape index (κ1) is 17.0. The van der Waals surface area contributed by atoms with Crippen molar-refractivity contribution in [3.63, 3.8) is 0 Å². The van der Waals surface area contributed by atoms with Gasteiger partial charge in [-0.25, -0.2) is 9.59 Å². The number of anilines is 1. The topological polar surface area (TPSA) is 89.9 Å². The van der Waals surface area contributed by atoms with E-state index in [0.717, 1.165) is 12.8 Å². The van der Waals surface area contributed by atoms with Crippen molar-refractivity contribution in [1.29, 1.82) is 0 Å². The van der Waals surface area contributed by atoms with Crippen LogP contribution < -0.4 is 10.2 Å². The highest BCUT2D eigenvalue weighted by atomic mass is 16.4. The summed E-state index contributed by atoms with van der Waals surface area (Å²) in [5, 5.41) is 20.9. The summed E-state index contributed by atoms with van der Waals surface area (Å²) < 4.78 is 0. The van der Waals surface area contributed by atoms with Crippen LogP contribution in [0.25, 0.3) is 0 Å². The van der Waals surface area contributed by atoms with E-state index < -0.39 is 5.97 Å². The molecule has 0 unspecified atom stereocenters. The van der Waals surface area contributed by atoms with Gasteiger partial charge in [0.25, 0.3) is 0 Å². The third-order valence-corrected chi connectivity index (χ3v) is 3.31. The molecule has 1 aromatic carbocycles. The summed E-state index contributed by atoms with van der Waals surface area (Å²) in [6, 6.07) is 5.79. The zero-order valence-electron chi connectivity index (χ0n) is 12.4. The molecule has 0 saturated heterocycles. The van der Waals surface area contributed by atoms with Crippen molar-refractivity contribution < 1.29 is 19.8 Å². The number of hydrogen-bond donors (Lipinski definition) is 3. The molecule has 0 aromatic heterocycles. The zero-order valence-corrected chi connectivity index (χ0v) is 12.4. The average molecular weight is 294 g/mol. The molecule has 6 heteroatoms. The number of hydrogen-bond acceptors (Lipinski definition) is 3. The summed E-state index contributed by atoms with van der Waals surface area (Å²) in [6.45, 7) is 3.97. The number of aromatic carboxylic acids is 1. The summed E-state index contributed by atoms with van der Waals surface area (Å²) in [7, 11) is 0. The van der Waals surface area contributed by atoms with Crippen LogP contribution in [-0.4, -0.2) is 41.4 Å². The van der Waals surface area contributed by atoms with E-state index in [1.54, 1.807) is 12.1 Å². The molecule has 0 fully saturated rings. The highest BCUT2D eigenvalue weighted by Crippen LogP contribution is 2.16. The van der Waals surface area contributed by atoms with Crippen molar-refractivity contribution in [3.8, 4) is 0 Å². The number of aliphatic hydroxyl groups is 1. The summed E-state index contributed by atoms with van der Waals surface area (Å²) in [6.07, 6.45) is 1.65. The van der Waals surface area contributed by atoms with E-state index in [4.69, 9.17) is 10.2 Å². The third kappa shape index (κ3) is 4.75. The maximum atomic E-state index is 12.3. The molecule has 0 spiro atoms. The summed E-state index contributed by atoms with van der Waals surface area (Å²) in [5.74, 6) is -1.02. The van der Waals surface area contributed by atoms with Crippen molar-refractivity contribution >= 4 is 17.7 Å². The van der Waals surface area contributed by atoms with E-state index >= 15 is 0 Å². The lowest BCUT2D eigenvalue weighted by Crippen LogP contribution is -2.45. The molecule has 0 aliphatic heterocycles. The number of benzene rings is 1. The number of urea groups is 1. The number of nitrogens with zero attached hydrogens (tertiary/aromatic N) is 1. The van der Waals surface area contributed by atoms with Gasteiger partial charge in [-0.3, -0.25) is 4.90 Å². The average Bonchev–Trinajstić information content (AvgIpc) is 2.50. The number of amides is 2. The van der Waals surface area contributed by atoms with Crippen LogP contribution in [0.5, 0.6) is 0 Å². The van der Waals surface area contributed by atoms with Gasteiger partial charge in [-0.15, -0.1) is 0 Å². The highest BCUT2D eigenvalue weighted by molar-refractivity contribution is 5.93. The molecule has 0 aliphatic rings. The van der Waals surface area contributed by atoms with E-state index in [9.17, 15) is 9.59 Å². The first-order valence-electron chi connectivity index (χ1n) is 7.05. The fourth-order valence-corrected chi connectivity index (χ4v) is 1.98. The lowest BCUT2D eigenvalue weighted by molar-refractivity contribution is 0.0697. The minimum atomic E-state index is -1.02. The van der Waals surface area contributed by atoms with Crippen molar-refractivity contribution in [1.82, 2.24) is 5.32 Å². The smallest absolute Gasteiger partial charge is 0.335 e. The molecule has 6 nitrogen and oxygen atoms in total. The van der Waals surface area contributed by atoms with Crippen LogP contribution in [0.15, 0.2) is 24.3 Å². The SMILES string of the molecule is CCC(CC)NC(=O)N(CCO)c1ccc(C(=O)O)cc1. The van der Waals surface area contributed by atoms with Gasteiger partial charge in [0.2, 0.25) is 0 Å². The molecule has 21 heavy (non-hydrogen) atoms. The summed E-state index contributed by atoms with van der Waals surface area (Å²) in [4.78, 5) is 24.5. The fraction of sp³-hybridized carbons (Fsp3) is 0.467. The van der Waals surface area contributed by atoms with Crippen LogP contribution in [0, 0.1) is 0 Å². The van der Waals surface area contributed by atoms with Crippen LogP contribution in [0.3, 0.4) is 0 Å². The van der Waals surface area contributed by atoms with Gasteiger partial charge >= 0.3 is 12.0 Å². The van der Waals surface area contributed by atoms with Crippen LogP contribution in [-0.2, 0) is 0 Å². The van der Waals surface area contributed by atoms with E-state index in [1.165, 1.54) is 17.0 Å². The first-order valence-corrected chi connectivity index (χ1v) is 7.05. The number of nitrogens with one attached hydrogen (secondary N) is 1. The van der Waals surface area contributed by atoms with Crippen molar-refractivity contribution in [3.05, 3.63) is 29.8 Å². The second-order valence-corrected chi connectivity index (χ2v) is 4.69. The molecule has 0 bridgehead atoms. The zero-order chi connectivity index (χ0) is 15.8. The number of carboxylic acid groups (broad SMARTS) is 1. The van der Waals surface area contributed by atoms with E-state index in [0.29, 0.717) is 5.69 Å². The second kappa shape index (κ2) is 8.26. The normalized spacial score (nSPS) is 10.5. The predicted molar refractivity (Wildman–Crippen MR) is 80.7 cm³/mol. The third-order valence-electron chi connectivity index (χ3n) is 3.31. The summed E-state index contributed by atoms with van der Waals surface area (Å²) >= 11 is 0. The highest BCUT2D eigenvalue weighted by Gasteiger charge is 2.18. The van der Waals surface area contributed by atoms with Crippen LogP contribution >= 0.6 is 0 Å². The van der Waals surface area contributed by atoms with Gasteiger partial charge in [-0.1, -0.05) is 13.8 Å². The predicted octanol–water partition coefficient (Wildman–Crippen LogP) is 2.08. The Morgan fingerprint density at radius 2 is 1.76 bits per heavy atom. The van der Waals surface area contributed by atoms with Crippen molar-refractivity contribution in [2.75, 3.05) is 18.1 Å². The standard InChI is InChI=1S/C15H22N2O4/c1-3-12(4-2)16-15(21)17(9-10-18)13-7-5-11(6-8-13)14(19)20/h5-8,12,18H,3-4,9-10H2,1-2H3,(H,16,21)(H,19,20). The van der Waals surface area contributed by atoms with Gasteiger partial charge in [0.1, 0.15) is 0 Å². The number of aliphatic hydroxyl groups excluding tert-OH is 1. The monoisotopic (exact) mass is 294 g/mol.